The summed E-state index contributed by atoms with van der Waals surface area (Å²) in [7, 11) is 1.82. The van der Waals surface area contributed by atoms with E-state index in [0.717, 1.165) is 25.9 Å². The van der Waals surface area contributed by atoms with Gasteiger partial charge in [0.2, 0.25) is 0 Å². The summed E-state index contributed by atoms with van der Waals surface area (Å²) in [6, 6.07) is 21.8. The number of fused-ring (bicyclic) bond motifs is 1. The molecule has 23 heavy (non-hydrogen) atoms. The van der Waals surface area contributed by atoms with E-state index in [1.54, 1.807) is 0 Å². The predicted octanol–water partition coefficient (Wildman–Crippen LogP) is 4.75. The second-order valence-corrected chi connectivity index (χ2v) is 6.82. The summed E-state index contributed by atoms with van der Waals surface area (Å²) in [5, 5.41) is 0. The molecule has 2 aromatic rings. The van der Waals surface area contributed by atoms with Crippen LogP contribution >= 0.6 is 0 Å². The number of hydrogen-bond acceptors (Lipinski definition) is 2. The molecule has 2 aromatic carbocycles. The lowest BCUT2D eigenvalue weighted by Gasteiger charge is -2.44. The zero-order valence-corrected chi connectivity index (χ0v) is 13.7. The van der Waals surface area contributed by atoms with E-state index in [4.69, 9.17) is 9.47 Å². The van der Waals surface area contributed by atoms with Gasteiger partial charge in [-0.2, -0.15) is 0 Å². The SMILES string of the molecule is COC12CCCC1(C(c1ccccc1)c1ccccc1)CCO2. The molecule has 0 bridgehead atoms. The van der Waals surface area contributed by atoms with Crippen LogP contribution in [0.3, 0.4) is 0 Å². The molecule has 2 heteroatoms. The number of methoxy groups -OCH3 is 1. The van der Waals surface area contributed by atoms with Crippen LogP contribution in [0.5, 0.6) is 0 Å². The van der Waals surface area contributed by atoms with E-state index in [2.05, 4.69) is 60.7 Å². The van der Waals surface area contributed by atoms with Gasteiger partial charge in [0.05, 0.1) is 6.61 Å². The Labute approximate surface area is 138 Å². The maximum Gasteiger partial charge on any atom is 0.174 e. The smallest absolute Gasteiger partial charge is 0.174 e. The maximum atomic E-state index is 6.22. The summed E-state index contributed by atoms with van der Waals surface area (Å²) in [5.74, 6) is -0.113. The first-order valence-corrected chi connectivity index (χ1v) is 8.60. The standard InChI is InChI=1S/C21H24O2/c1-22-21-14-8-13-20(21,15-16-23-21)19(17-9-4-2-5-10-17)18-11-6-3-7-12-18/h2-7,9-12,19H,8,13-16H2,1H3. The van der Waals surface area contributed by atoms with Crippen LogP contribution in [-0.4, -0.2) is 19.5 Å². The minimum absolute atomic E-state index is 0.0322. The summed E-state index contributed by atoms with van der Waals surface area (Å²) in [6.45, 7) is 0.796. The first kappa shape index (κ1) is 14.9. The van der Waals surface area contributed by atoms with E-state index in [0.29, 0.717) is 5.92 Å². The van der Waals surface area contributed by atoms with Crippen molar-refractivity contribution in [1.29, 1.82) is 0 Å². The molecule has 0 radical (unpaired) electrons. The second-order valence-electron chi connectivity index (χ2n) is 6.82. The van der Waals surface area contributed by atoms with Crippen LogP contribution in [0.4, 0.5) is 0 Å². The van der Waals surface area contributed by atoms with Crippen molar-refractivity contribution in [3.63, 3.8) is 0 Å². The molecule has 1 aliphatic carbocycles. The van der Waals surface area contributed by atoms with Gasteiger partial charge in [0.1, 0.15) is 0 Å². The van der Waals surface area contributed by atoms with E-state index >= 15 is 0 Å². The van der Waals surface area contributed by atoms with Gasteiger partial charge in [-0.15, -0.1) is 0 Å². The Balaban J connectivity index is 1.89. The number of hydrogen-bond donors (Lipinski definition) is 0. The van der Waals surface area contributed by atoms with Gasteiger partial charge in [0.15, 0.2) is 5.79 Å². The minimum Gasteiger partial charge on any atom is -0.353 e. The van der Waals surface area contributed by atoms with Gasteiger partial charge in [0.25, 0.3) is 0 Å². The van der Waals surface area contributed by atoms with E-state index in [9.17, 15) is 0 Å². The number of ether oxygens (including phenoxy) is 2. The summed E-state index contributed by atoms with van der Waals surface area (Å²) >= 11 is 0. The molecule has 4 rings (SSSR count). The van der Waals surface area contributed by atoms with Crippen molar-refractivity contribution >= 4 is 0 Å². The second kappa shape index (κ2) is 5.77. The summed E-state index contributed by atoms with van der Waals surface area (Å²) in [5.41, 5.74) is 2.77. The zero-order chi connectivity index (χ0) is 15.8. The fourth-order valence-electron chi connectivity index (χ4n) is 5.00. The normalized spacial score (nSPS) is 29.8. The molecule has 0 spiro atoms. The molecule has 2 unspecified atom stereocenters. The van der Waals surface area contributed by atoms with Crippen molar-refractivity contribution < 1.29 is 9.47 Å². The Bertz CT molecular complexity index is 601. The van der Waals surface area contributed by atoms with E-state index < -0.39 is 5.79 Å². The Morgan fingerprint density at radius 1 is 0.870 bits per heavy atom. The quantitative estimate of drug-likeness (QED) is 0.811. The van der Waals surface area contributed by atoms with Crippen molar-refractivity contribution in [2.45, 2.75) is 37.4 Å². The minimum atomic E-state index is -0.427. The van der Waals surface area contributed by atoms with Crippen LogP contribution in [0.1, 0.15) is 42.7 Å². The molecule has 2 fully saturated rings. The fraction of sp³-hybridized carbons (Fsp3) is 0.429. The van der Waals surface area contributed by atoms with Crippen LogP contribution in [0.25, 0.3) is 0 Å². The molecule has 0 N–H and O–H groups in total. The van der Waals surface area contributed by atoms with Crippen molar-refractivity contribution in [1.82, 2.24) is 0 Å². The molecular formula is C21H24O2. The first-order chi connectivity index (χ1) is 11.3. The highest BCUT2D eigenvalue weighted by molar-refractivity contribution is 5.37. The van der Waals surface area contributed by atoms with Gasteiger partial charge < -0.3 is 9.47 Å². The van der Waals surface area contributed by atoms with Gasteiger partial charge >= 0.3 is 0 Å². The molecule has 0 aromatic heterocycles. The lowest BCUT2D eigenvalue weighted by Crippen LogP contribution is -2.46. The van der Waals surface area contributed by atoms with Gasteiger partial charge in [-0.05, 0) is 30.4 Å². The van der Waals surface area contributed by atoms with Crippen molar-refractivity contribution in [3.8, 4) is 0 Å². The van der Waals surface area contributed by atoms with Crippen molar-refractivity contribution in [2.75, 3.05) is 13.7 Å². The summed E-state index contributed by atoms with van der Waals surface area (Å²) in [6.07, 6.45) is 4.40. The zero-order valence-electron chi connectivity index (χ0n) is 13.7. The average molecular weight is 308 g/mol. The van der Waals surface area contributed by atoms with Gasteiger partial charge in [0, 0.05) is 24.9 Å². The number of benzene rings is 2. The Hall–Kier alpha value is -1.64. The van der Waals surface area contributed by atoms with E-state index in [-0.39, 0.29) is 5.41 Å². The Kier molecular flexibility index (Phi) is 3.74. The molecule has 1 heterocycles. The lowest BCUT2D eigenvalue weighted by atomic mass is 9.64. The Morgan fingerprint density at radius 3 is 2.04 bits per heavy atom. The maximum absolute atomic E-state index is 6.22. The summed E-state index contributed by atoms with van der Waals surface area (Å²) < 4.78 is 12.2. The highest BCUT2D eigenvalue weighted by Gasteiger charge is 2.63. The van der Waals surface area contributed by atoms with Crippen LogP contribution in [0, 0.1) is 5.41 Å². The molecule has 0 amide bonds. The first-order valence-electron chi connectivity index (χ1n) is 8.60. The highest BCUT2D eigenvalue weighted by Crippen LogP contribution is 2.63. The van der Waals surface area contributed by atoms with Gasteiger partial charge in [-0.3, -0.25) is 0 Å². The van der Waals surface area contributed by atoms with Crippen LogP contribution < -0.4 is 0 Å². The van der Waals surface area contributed by atoms with Crippen molar-refractivity contribution in [2.24, 2.45) is 5.41 Å². The number of rotatable bonds is 4. The molecule has 1 saturated heterocycles. The predicted molar refractivity (Wildman–Crippen MR) is 91.3 cm³/mol. The molecule has 2 nitrogen and oxygen atoms in total. The average Bonchev–Trinajstić information content (AvgIpc) is 3.13. The molecule has 1 saturated carbocycles. The third-order valence-corrected chi connectivity index (χ3v) is 5.92. The van der Waals surface area contributed by atoms with Crippen LogP contribution in [-0.2, 0) is 9.47 Å². The summed E-state index contributed by atoms with van der Waals surface area (Å²) in [4.78, 5) is 0. The van der Waals surface area contributed by atoms with Crippen molar-refractivity contribution in [3.05, 3.63) is 71.8 Å². The third-order valence-electron chi connectivity index (χ3n) is 5.92. The topological polar surface area (TPSA) is 18.5 Å². The molecule has 120 valence electrons. The molecule has 2 atom stereocenters. The Morgan fingerprint density at radius 2 is 1.48 bits per heavy atom. The third kappa shape index (κ3) is 2.16. The monoisotopic (exact) mass is 308 g/mol. The molecular weight excluding hydrogens is 284 g/mol. The highest BCUT2D eigenvalue weighted by atomic mass is 16.7. The van der Waals surface area contributed by atoms with E-state index in [1.807, 2.05) is 7.11 Å². The van der Waals surface area contributed by atoms with Gasteiger partial charge in [-0.1, -0.05) is 60.7 Å². The van der Waals surface area contributed by atoms with Crippen LogP contribution in [0.2, 0.25) is 0 Å². The fourth-order valence-corrected chi connectivity index (χ4v) is 5.00. The largest absolute Gasteiger partial charge is 0.353 e. The molecule has 2 aliphatic rings. The van der Waals surface area contributed by atoms with Gasteiger partial charge in [-0.25, -0.2) is 0 Å². The molecule has 1 aliphatic heterocycles. The van der Waals surface area contributed by atoms with Crippen LogP contribution in [0.15, 0.2) is 60.7 Å². The lowest BCUT2D eigenvalue weighted by molar-refractivity contribution is -0.235. The van der Waals surface area contributed by atoms with E-state index in [1.165, 1.54) is 17.5 Å².